The maximum absolute atomic E-state index is 11.9. The molecule has 0 N–H and O–H groups in total. The molecule has 6 nitrogen and oxygen atoms in total. The van der Waals surface area contributed by atoms with Gasteiger partial charge in [0.1, 0.15) is 25.4 Å². The highest BCUT2D eigenvalue weighted by Crippen LogP contribution is 2.29. The van der Waals surface area contributed by atoms with Crippen LogP contribution in [0.3, 0.4) is 0 Å². The normalized spacial score (nSPS) is 18.1. The van der Waals surface area contributed by atoms with E-state index in [2.05, 4.69) is 44.2 Å². The third kappa shape index (κ3) is 26.0. The number of hydrogen-bond donors (Lipinski definition) is 0. The Hall–Kier alpha value is -1.92. The molecule has 0 amide bonds. The van der Waals surface area contributed by atoms with Crippen molar-refractivity contribution in [1.29, 1.82) is 0 Å². The van der Waals surface area contributed by atoms with Gasteiger partial charge in [0, 0.05) is 12.8 Å². The molecule has 0 spiro atoms. The molecule has 6 heteroatoms. The van der Waals surface area contributed by atoms with Crippen LogP contribution in [0.5, 0.6) is 0 Å². The highest BCUT2D eigenvalue weighted by atomic mass is 16.6. The van der Waals surface area contributed by atoms with Gasteiger partial charge in [-0.3, -0.25) is 9.59 Å². The first kappa shape index (κ1) is 42.2. The van der Waals surface area contributed by atoms with E-state index in [-0.39, 0.29) is 24.1 Å². The fourth-order valence-corrected chi connectivity index (χ4v) is 6.14. The highest BCUT2D eigenvalue weighted by Gasteiger charge is 2.24. The van der Waals surface area contributed by atoms with E-state index in [1.54, 1.807) is 5.57 Å². The van der Waals surface area contributed by atoms with Crippen LogP contribution in [-0.2, 0) is 28.5 Å². The van der Waals surface area contributed by atoms with Gasteiger partial charge in [-0.15, -0.1) is 0 Å². The van der Waals surface area contributed by atoms with Gasteiger partial charge in [0.15, 0.2) is 0 Å². The lowest BCUT2D eigenvalue weighted by molar-refractivity contribution is -0.145. The Morgan fingerprint density at radius 3 is 1.60 bits per heavy atom. The van der Waals surface area contributed by atoms with E-state index >= 15 is 0 Å². The Morgan fingerprint density at radius 1 is 0.583 bits per heavy atom. The second-order valence-corrected chi connectivity index (χ2v) is 14.1. The Morgan fingerprint density at radius 2 is 1.06 bits per heavy atom. The molecule has 0 aromatic heterocycles. The molecule has 0 radical (unpaired) electrons. The second-order valence-electron chi connectivity index (χ2n) is 14.1. The summed E-state index contributed by atoms with van der Waals surface area (Å²) in [5, 5.41) is 0. The number of hydrogen-bond acceptors (Lipinski definition) is 6. The standard InChI is InChI=1S/C42H72O6/c1-3-5-7-9-11-15-21-27-37(29-23-17-13-19-25-31-41(43)47-35-39-33-45-39)38(28-22-16-12-10-8-6-4-2)30-24-18-14-20-26-32-42(44)48-36-40-34-46-40/h11-12,15-16,27,38-40H,3-10,13-14,17-26,28-36H2,1-2H3. The minimum Gasteiger partial charge on any atom is -0.463 e. The van der Waals surface area contributed by atoms with Crippen LogP contribution < -0.4 is 0 Å². The van der Waals surface area contributed by atoms with Crippen molar-refractivity contribution in [3.05, 3.63) is 36.0 Å². The van der Waals surface area contributed by atoms with Crippen molar-refractivity contribution < 1.29 is 28.5 Å². The molecule has 0 bridgehead atoms. The largest absolute Gasteiger partial charge is 0.463 e. The molecule has 0 aromatic carbocycles. The number of carbonyl (C=O) groups excluding carboxylic acids is 2. The summed E-state index contributed by atoms with van der Waals surface area (Å²) in [6.45, 7) is 6.84. The van der Waals surface area contributed by atoms with Crippen molar-refractivity contribution in [2.75, 3.05) is 26.4 Å². The lowest BCUT2D eigenvalue weighted by Gasteiger charge is -2.21. The molecule has 3 unspecified atom stereocenters. The van der Waals surface area contributed by atoms with E-state index in [1.165, 1.54) is 109 Å². The molecule has 2 fully saturated rings. The third-order valence-corrected chi connectivity index (χ3v) is 9.45. The second kappa shape index (κ2) is 29.9. The van der Waals surface area contributed by atoms with Gasteiger partial charge in [0.2, 0.25) is 0 Å². The average molecular weight is 673 g/mol. The zero-order valence-electron chi connectivity index (χ0n) is 31.1. The summed E-state index contributed by atoms with van der Waals surface area (Å²) in [4.78, 5) is 23.8. The summed E-state index contributed by atoms with van der Waals surface area (Å²) in [5.74, 6) is 0.482. The monoisotopic (exact) mass is 673 g/mol. The van der Waals surface area contributed by atoms with Gasteiger partial charge in [-0.05, 0) is 83.0 Å². The fourth-order valence-electron chi connectivity index (χ4n) is 6.14. The minimum absolute atomic E-state index is 0.0792. The molecular formula is C42H72O6. The topological polar surface area (TPSA) is 77.7 Å². The van der Waals surface area contributed by atoms with E-state index in [4.69, 9.17) is 18.9 Å². The van der Waals surface area contributed by atoms with E-state index in [9.17, 15) is 9.59 Å². The molecule has 2 rings (SSSR count). The first-order valence-electron chi connectivity index (χ1n) is 20.2. The number of rotatable bonds is 34. The van der Waals surface area contributed by atoms with Crippen LogP contribution in [0.4, 0.5) is 0 Å². The molecular weight excluding hydrogens is 600 g/mol. The number of esters is 2. The molecule has 2 aliphatic heterocycles. The molecule has 2 heterocycles. The lowest BCUT2D eigenvalue weighted by atomic mass is 9.85. The van der Waals surface area contributed by atoms with Gasteiger partial charge in [0.05, 0.1) is 13.2 Å². The van der Waals surface area contributed by atoms with Gasteiger partial charge in [-0.1, -0.05) is 120 Å². The fraction of sp³-hybridized carbons (Fsp3) is 0.810. The summed E-state index contributed by atoms with van der Waals surface area (Å²) >= 11 is 0. The molecule has 0 aliphatic carbocycles. The summed E-state index contributed by atoms with van der Waals surface area (Å²) < 4.78 is 20.8. The molecule has 48 heavy (non-hydrogen) atoms. The van der Waals surface area contributed by atoms with Crippen molar-refractivity contribution in [2.24, 2.45) is 5.92 Å². The summed E-state index contributed by atoms with van der Waals surface area (Å²) in [6, 6.07) is 0. The number of carbonyl (C=O) groups is 2. The minimum atomic E-state index is -0.0809. The number of allylic oxidation sites excluding steroid dienone is 6. The quantitative estimate of drug-likeness (QED) is 0.0293. The van der Waals surface area contributed by atoms with Gasteiger partial charge < -0.3 is 18.9 Å². The van der Waals surface area contributed by atoms with Crippen LogP contribution in [0.2, 0.25) is 0 Å². The summed E-state index contributed by atoms with van der Waals surface area (Å²) in [7, 11) is 0. The first-order chi connectivity index (χ1) is 23.6. The molecule has 2 saturated heterocycles. The number of unbranched alkanes of at least 4 members (excludes halogenated alkanes) is 14. The van der Waals surface area contributed by atoms with Crippen LogP contribution in [0.25, 0.3) is 0 Å². The number of ether oxygens (including phenoxy) is 4. The maximum atomic E-state index is 11.9. The lowest BCUT2D eigenvalue weighted by Crippen LogP contribution is -2.09. The van der Waals surface area contributed by atoms with E-state index in [0.717, 1.165) is 51.7 Å². The van der Waals surface area contributed by atoms with Gasteiger partial charge >= 0.3 is 11.9 Å². The molecule has 0 aromatic rings. The average Bonchev–Trinajstić information content (AvgIpc) is 4.02. The maximum Gasteiger partial charge on any atom is 0.305 e. The summed E-state index contributed by atoms with van der Waals surface area (Å²) in [6.07, 6.45) is 40.9. The third-order valence-electron chi connectivity index (χ3n) is 9.45. The van der Waals surface area contributed by atoms with Gasteiger partial charge in [-0.25, -0.2) is 0 Å². The van der Waals surface area contributed by atoms with Crippen LogP contribution in [-0.4, -0.2) is 50.6 Å². The zero-order valence-corrected chi connectivity index (χ0v) is 31.1. The summed E-state index contributed by atoms with van der Waals surface area (Å²) in [5.41, 5.74) is 1.67. The van der Waals surface area contributed by atoms with Crippen molar-refractivity contribution in [1.82, 2.24) is 0 Å². The Labute approximate surface area is 294 Å². The molecule has 3 atom stereocenters. The smallest absolute Gasteiger partial charge is 0.305 e. The van der Waals surface area contributed by atoms with Crippen LogP contribution in [0.1, 0.15) is 174 Å². The van der Waals surface area contributed by atoms with Gasteiger partial charge in [-0.2, -0.15) is 0 Å². The Balaban J connectivity index is 1.81. The van der Waals surface area contributed by atoms with E-state index in [1.807, 2.05) is 0 Å². The van der Waals surface area contributed by atoms with Crippen molar-refractivity contribution in [3.8, 4) is 0 Å². The van der Waals surface area contributed by atoms with Crippen LogP contribution >= 0.6 is 0 Å². The zero-order chi connectivity index (χ0) is 34.3. The van der Waals surface area contributed by atoms with E-state index in [0.29, 0.717) is 32.0 Å². The number of epoxide rings is 2. The van der Waals surface area contributed by atoms with Crippen molar-refractivity contribution in [2.45, 2.75) is 187 Å². The molecule has 2 aliphatic rings. The van der Waals surface area contributed by atoms with Gasteiger partial charge in [0.25, 0.3) is 0 Å². The predicted molar refractivity (Wildman–Crippen MR) is 198 cm³/mol. The highest BCUT2D eigenvalue weighted by molar-refractivity contribution is 5.69. The van der Waals surface area contributed by atoms with Crippen LogP contribution in [0.15, 0.2) is 36.0 Å². The first-order valence-corrected chi connectivity index (χ1v) is 20.2. The molecule has 0 saturated carbocycles. The van der Waals surface area contributed by atoms with Crippen molar-refractivity contribution >= 4 is 11.9 Å². The Kier molecular flexibility index (Phi) is 26.4. The van der Waals surface area contributed by atoms with Crippen molar-refractivity contribution in [3.63, 3.8) is 0 Å². The van der Waals surface area contributed by atoms with Crippen LogP contribution in [0, 0.1) is 5.92 Å². The SMILES string of the molecule is CCCCCC=CCC=C(CCCCCCCC(=O)OCC1CO1)C(CCC=CCCCCC)CCCCCCCC(=O)OCC1CO1. The molecule has 276 valence electrons. The Bertz CT molecular complexity index is 885. The predicted octanol–water partition coefficient (Wildman–Crippen LogP) is 11.3. The van der Waals surface area contributed by atoms with E-state index < -0.39 is 0 Å².